The zero-order valence-electron chi connectivity index (χ0n) is 18.8. The Hall–Kier alpha value is -2.28. The topological polar surface area (TPSA) is 9.23 Å². The van der Waals surface area contributed by atoms with E-state index >= 15 is 0 Å². The fourth-order valence-electron chi connectivity index (χ4n) is 4.75. The van der Waals surface area contributed by atoms with Crippen molar-refractivity contribution in [2.75, 3.05) is 6.61 Å². The quantitative estimate of drug-likeness (QED) is 0.330. The van der Waals surface area contributed by atoms with Crippen molar-refractivity contribution >= 4 is 10.8 Å². The van der Waals surface area contributed by atoms with Crippen LogP contribution >= 0.6 is 0 Å². The molecule has 4 rings (SSSR count). The Kier molecular flexibility index (Phi) is 7.10. The Morgan fingerprint density at radius 1 is 0.800 bits per heavy atom. The lowest BCUT2D eigenvalue weighted by Gasteiger charge is -2.26. The van der Waals surface area contributed by atoms with Gasteiger partial charge in [-0.3, -0.25) is 0 Å². The molecule has 0 spiro atoms. The molecular weight excluding hydrogens is 364 g/mol. The van der Waals surface area contributed by atoms with E-state index in [0.717, 1.165) is 31.6 Å². The van der Waals surface area contributed by atoms with Crippen molar-refractivity contribution in [3.8, 4) is 5.75 Å². The van der Waals surface area contributed by atoms with Crippen molar-refractivity contribution in [2.24, 2.45) is 0 Å². The minimum Gasteiger partial charge on any atom is -0.494 e. The number of aryl methyl sites for hydroxylation is 2. The molecular formula is C29H36O. The van der Waals surface area contributed by atoms with Gasteiger partial charge < -0.3 is 4.74 Å². The number of unbranched alkanes of at least 4 members (excludes halogenated alkanes) is 3. The maximum atomic E-state index is 5.97. The second-order valence-electron chi connectivity index (χ2n) is 8.97. The standard InChI is InChI=1S/C29H36O/c1-3-5-7-17-30-29-16-15-27-20-26(13-14-28(27)21-29)25-12-11-23-18-22(8-6-4-2)9-10-24(23)19-25/h9-12,15-16,18-19,21,26H,3-8,13-14,17,20H2,1-2H3. The summed E-state index contributed by atoms with van der Waals surface area (Å²) >= 11 is 0. The van der Waals surface area contributed by atoms with Gasteiger partial charge >= 0.3 is 0 Å². The average Bonchev–Trinajstić information content (AvgIpc) is 2.79. The second kappa shape index (κ2) is 10.2. The number of benzene rings is 3. The molecule has 1 aliphatic carbocycles. The van der Waals surface area contributed by atoms with Crippen LogP contribution in [0.25, 0.3) is 10.8 Å². The largest absolute Gasteiger partial charge is 0.494 e. The lowest BCUT2D eigenvalue weighted by molar-refractivity contribution is 0.305. The molecule has 158 valence electrons. The highest BCUT2D eigenvalue weighted by molar-refractivity contribution is 5.84. The van der Waals surface area contributed by atoms with E-state index in [2.05, 4.69) is 68.4 Å². The number of hydrogen-bond donors (Lipinski definition) is 0. The van der Waals surface area contributed by atoms with Crippen LogP contribution < -0.4 is 4.74 Å². The van der Waals surface area contributed by atoms with Crippen molar-refractivity contribution in [3.63, 3.8) is 0 Å². The molecule has 30 heavy (non-hydrogen) atoms. The third kappa shape index (κ3) is 5.06. The third-order valence-corrected chi connectivity index (χ3v) is 6.64. The highest BCUT2D eigenvalue weighted by atomic mass is 16.5. The number of hydrogen-bond acceptors (Lipinski definition) is 1. The highest BCUT2D eigenvalue weighted by Gasteiger charge is 2.21. The second-order valence-corrected chi connectivity index (χ2v) is 8.97. The predicted molar refractivity (Wildman–Crippen MR) is 129 cm³/mol. The lowest BCUT2D eigenvalue weighted by Crippen LogP contribution is -2.13. The maximum Gasteiger partial charge on any atom is 0.119 e. The summed E-state index contributed by atoms with van der Waals surface area (Å²) in [6, 6.07) is 20.9. The summed E-state index contributed by atoms with van der Waals surface area (Å²) in [5.41, 5.74) is 5.95. The first-order valence-electron chi connectivity index (χ1n) is 12.0. The molecule has 0 bridgehead atoms. The summed E-state index contributed by atoms with van der Waals surface area (Å²) in [5, 5.41) is 2.77. The van der Waals surface area contributed by atoms with Gasteiger partial charge in [0.15, 0.2) is 0 Å². The van der Waals surface area contributed by atoms with Crippen molar-refractivity contribution in [1.82, 2.24) is 0 Å². The van der Waals surface area contributed by atoms with Gasteiger partial charge in [0.1, 0.15) is 5.75 Å². The summed E-state index contributed by atoms with van der Waals surface area (Å²) in [5.74, 6) is 1.67. The summed E-state index contributed by atoms with van der Waals surface area (Å²) in [4.78, 5) is 0. The molecule has 0 radical (unpaired) electrons. The van der Waals surface area contributed by atoms with E-state index in [1.165, 1.54) is 71.6 Å². The van der Waals surface area contributed by atoms with Crippen molar-refractivity contribution in [3.05, 3.63) is 76.9 Å². The molecule has 0 fully saturated rings. The molecule has 0 aliphatic heterocycles. The zero-order chi connectivity index (χ0) is 20.8. The molecule has 3 aromatic carbocycles. The molecule has 1 nitrogen and oxygen atoms in total. The third-order valence-electron chi connectivity index (χ3n) is 6.64. The van der Waals surface area contributed by atoms with Crippen LogP contribution in [0.2, 0.25) is 0 Å². The SMILES string of the molecule is CCCCCOc1ccc2c(c1)CCC(c1ccc3cc(CCCC)ccc3c1)C2. The van der Waals surface area contributed by atoms with Gasteiger partial charge in [0.25, 0.3) is 0 Å². The summed E-state index contributed by atoms with van der Waals surface area (Å²) in [6.07, 6.45) is 10.9. The Labute approximate surface area is 182 Å². The number of rotatable bonds is 9. The molecule has 1 aliphatic rings. The van der Waals surface area contributed by atoms with Gasteiger partial charge in [-0.05, 0) is 89.6 Å². The van der Waals surface area contributed by atoms with Crippen LogP contribution in [0.15, 0.2) is 54.6 Å². The molecule has 0 aromatic heterocycles. The van der Waals surface area contributed by atoms with Gasteiger partial charge in [-0.25, -0.2) is 0 Å². The van der Waals surface area contributed by atoms with E-state index in [9.17, 15) is 0 Å². The Morgan fingerprint density at radius 2 is 1.63 bits per heavy atom. The van der Waals surface area contributed by atoms with Crippen LogP contribution in [0.3, 0.4) is 0 Å². The maximum absolute atomic E-state index is 5.97. The van der Waals surface area contributed by atoms with Crippen LogP contribution in [-0.2, 0) is 19.3 Å². The van der Waals surface area contributed by atoms with E-state index in [0.29, 0.717) is 5.92 Å². The lowest BCUT2D eigenvalue weighted by atomic mass is 9.79. The summed E-state index contributed by atoms with van der Waals surface area (Å²) in [6.45, 7) is 5.33. The van der Waals surface area contributed by atoms with E-state index < -0.39 is 0 Å². The molecule has 0 saturated heterocycles. The molecule has 1 unspecified atom stereocenters. The monoisotopic (exact) mass is 400 g/mol. The fraction of sp³-hybridized carbons (Fsp3) is 0.448. The average molecular weight is 401 g/mol. The van der Waals surface area contributed by atoms with Crippen LogP contribution in [0.5, 0.6) is 5.75 Å². The summed E-state index contributed by atoms with van der Waals surface area (Å²) in [7, 11) is 0. The van der Waals surface area contributed by atoms with E-state index in [4.69, 9.17) is 4.74 Å². The van der Waals surface area contributed by atoms with E-state index in [1.54, 1.807) is 0 Å². The van der Waals surface area contributed by atoms with Crippen LogP contribution in [0.1, 0.15) is 80.5 Å². The van der Waals surface area contributed by atoms with Gasteiger partial charge in [-0.2, -0.15) is 0 Å². The molecule has 0 heterocycles. The minimum atomic E-state index is 0.623. The molecule has 1 atom stereocenters. The van der Waals surface area contributed by atoms with E-state index in [1.807, 2.05) is 0 Å². The van der Waals surface area contributed by atoms with Gasteiger partial charge in [0.05, 0.1) is 6.61 Å². The van der Waals surface area contributed by atoms with E-state index in [-0.39, 0.29) is 0 Å². The smallest absolute Gasteiger partial charge is 0.119 e. The molecule has 0 saturated carbocycles. The van der Waals surface area contributed by atoms with Gasteiger partial charge in [-0.1, -0.05) is 75.6 Å². The first-order valence-corrected chi connectivity index (χ1v) is 12.0. The zero-order valence-corrected chi connectivity index (χ0v) is 18.8. The fourth-order valence-corrected chi connectivity index (χ4v) is 4.75. The first kappa shape index (κ1) is 21.0. The normalized spacial score (nSPS) is 15.9. The number of fused-ring (bicyclic) bond motifs is 2. The minimum absolute atomic E-state index is 0.623. The van der Waals surface area contributed by atoms with Crippen molar-refractivity contribution in [2.45, 2.75) is 77.6 Å². The molecule has 0 N–H and O–H groups in total. The van der Waals surface area contributed by atoms with Crippen molar-refractivity contribution in [1.29, 1.82) is 0 Å². The Bertz CT molecular complexity index is 971. The molecule has 1 heteroatoms. The van der Waals surface area contributed by atoms with Gasteiger partial charge in [0, 0.05) is 0 Å². The van der Waals surface area contributed by atoms with Crippen LogP contribution in [0.4, 0.5) is 0 Å². The van der Waals surface area contributed by atoms with Gasteiger partial charge in [0.2, 0.25) is 0 Å². The summed E-state index contributed by atoms with van der Waals surface area (Å²) < 4.78 is 5.97. The van der Waals surface area contributed by atoms with Crippen molar-refractivity contribution < 1.29 is 4.74 Å². The number of ether oxygens (including phenoxy) is 1. The van der Waals surface area contributed by atoms with Crippen LogP contribution in [0, 0.1) is 0 Å². The van der Waals surface area contributed by atoms with Gasteiger partial charge in [-0.15, -0.1) is 0 Å². The Morgan fingerprint density at radius 3 is 2.50 bits per heavy atom. The first-order chi connectivity index (χ1) is 14.8. The Balaban J connectivity index is 1.44. The predicted octanol–water partition coefficient (Wildman–Crippen LogP) is 8.02. The molecule has 0 amide bonds. The highest BCUT2D eigenvalue weighted by Crippen LogP contribution is 2.35. The van der Waals surface area contributed by atoms with Crippen LogP contribution in [-0.4, -0.2) is 6.61 Å². The molecule has 3 aromatic rings.